The molecule has 1 saturated carbocycles. The molecule has 4 nitrogen and oxygen atoms in total. The molecule has 0 radical (unpaired) electrons. The first-order chi connectivity index (χ1) is 9.81. The van der Waals surface area contributed by atoms with Gasteiger partial charge in [-0.05, 0) is 31.4 Å². The lowest BCUT2D eigenvalue weighted by atomic mass is 9.80. The standard InChI is InChI=1S/C16H21N3O/c1-20-16(8-5-9-16)13-17-10-14-11-18-19(12-14)15-6-3-2-4-7-15/h2-4,6-7,11-12,17H,5,8-10,13H2,1H3. The summed E-state index contributed by atoms with van der Waals surface area (Å²) in [6.07, 6.45) is 7.60. The quantitative estimate of drug-likeness (QED) is 0.877. The van der Waals surface area contributed by atoms with Crippen molar-refractivity contribution in [2.24, 2.45) is 0 Å². The summed E-state index contributed by atoms with van der Waals surface area (Å²) < 4.78 is 7.51. The second-order valence-electron chi connectivity index (χ2n) is 5.47. The average Bonchev–Trinajstić information content (AvgIpc) is 2.92. The fourth-order valence-corrected chi connectivity index (χ4v) is 2.63. The second-order valence-corrected chi connectivity index (χ2v) is 5.47. The van der Waals surface area contributed by atoms with Gasteiger partial charge in [-0.15, -0.1) is 0 Å². The highest BCUT2D eigenvalue weighted by Crippen LogP contribution is 2.34. The predicted octanol–water partition coefficient (Wildman–Crippen LogP) is 2.53. The Kier molecular flexibility index (Phi) is 3.85. The molecule has 0 atom stereocenters. The highest BCUT2D eigenvalue weighted by molar-refractivity contribution is 5.30. The van der Waals surface area contributed by atoms with Gasteiger partial charge >= 0.3 is 0 Å². The van der Waals surface area contributed by atoms with Crippen LogP contribution in [0.3, 0.4) is 0 Å². The molecule has 0 bridgehead atoms. The lowest BCUT2D eigenvalue weighted by Gasteiger charge is -2.40. The van der Waals surface area contributed by atoms with Crippen LogP contribution >= 0.6 is 0 Å². The molecular weight excluding hydrogens is 250 g/mol. The van der Waals surface area contributed by atoms with E-state index in [1.165, 1.54) is 24.8 Å². The zero-order valence-corrected chi connectivity index (χ0v) is 11.9. The van der Waals surface area contributed by atoms with E-state index in [1.54, 1.807) is 0 Å². The lowest BCUT2D eigenvalue weighted by Crippen LogP contribution is -2.47. The van der Waals surface area contributed by atoms with Gasteiger partial charge in [-0.25, -0.2) is 4.68 Å². The Bertz CT molecular complexity index is 540. The molecule has 1 fully saturated rings. The normalized spacial score (nSPS) is 16.9. The van der Waals surface area contributed by atoms with Gasteiger partial charge in [-0.3, -0.25) is 0 Å². The van der Waals surface area contributed by atoms with Crippen molar-refractivity contribution in [1.82, 2.24) is 15.1 Å². The van der Waals surface area contributed by atoms with E-state index in [1.807, 2.05) is 36.2 Å². The van der Waals surface area contributed by atoms with Gasteiger partial charge < -0.3 is 10.1 Å². The molecule has 1 heterocycles. The summed E-state index contributed by atoms with van der Waals surface area (Å²) in [7, 11) is 1.81. The molecule has 106 valence electrons. The highest BCUT2D eigenvalue weighted by Gasteiger charge is 2.36. The number of hydrogen-bond acceptors (Lipinski definition) is 3. The zero-order chi connectivity index (χ0) is 13.8. The molecule has 3 rings (SSSR count). The zero-order valence-electron chi connectivity index (χ0n) is 11.9. The van der Waals surface area contributed by atoms with Gasteiger partial charge in [0.25, 0.3) is 0 Å². The van der Waals surface area contributed by atoms with Crippen LogP contribution in [0.2, 0.25) is 0 Å². The van der Waals surface area contributed by atoms with E-state index < -0.39 is 0 Å². The third-order valence-corrected chi connectivity index (χ3v) is 4.13. The van der Waals surface area contributed by atoms with Gasteiger partial charge in [0.15, 0.2) is 0 Å². The Morgan fingerprint density at radius 1 is 1.30 bits per heavy atom. The van der Waals surface area contributed by atoms with Gasteiger partial charge in [-0.2, -0.15) is 5.10 Å². The van der Waals surface area contributed by atoms with Crippen molar-refractivity contribution >= 4 is 0 Å². The monoisotopic (exact) mass is 271 g/mol. The Balaban J connectivity index is 1.55. The fraction of sp³-hybridized carbons (Fsp3) is 0.438. The maximum atomic E-state index is 5.60. The molecule has 1 aromatic heterocycles. The summed E-state index contributed by atoms with van der Waals surface area (Å²) in [6, 6.07) is 10.2. The highest BCUT2D eigenvalue weighted by atomic mass is 16.5. The first-order valence-corrected chi connectivity index (χ1v) is 7.16. The number of hydrogen-bond donors (Lipinski definition) is 1. The van der Waals surface area contributed by atoms with Crippen molar-refractivity contribution in [3.05, 3.63) is 48.3 Å². The molecule has 1 N–H and O–H groups in total. The second kappa shape index (κ2) is 5.77. The van der Waals surface area contributed by atoms with Crippen LogP contribution in [0.1, 0.15) is 24.8 Å². The number of benzene rings is 1. The van der Waals surface area contributed by atoms with Gasteiger partial charge in [0, 0.05) is 32.0 Å². The van der Waals surface area contributed by atoms with Gasteiger partial charge in [0.1, 0.15) is 0 Å². The van der Waals surface area contributed by atoms with Crippen LogP contribution in [0.5, 0.6) is 0 Å². The minimum atomic E-state index is 0.0788. The minimum Gasteiger partial charge on any atom is -0.377 e. The Labute approximate surface area is 119 Å². The van der Waals surface area contributed by atoms with Crippen molar-refractivity contribution in [3.8, 4) is 5.69 Å². The Hall–Kier alpha value is -1.65. The maximum absolute atomic E-state index is 5.60. The molecule has 0 spiro atoms. The first-order valence-electron chi connectivity index (χ1n) is 7.16. The molecule has 0 amide bonds. The fourth-order valence-electron chi connectivity index (χ4n) is 2.63. The number of nitrogens with zero attached hydrogens (tertiary/aromatic N) is 2. The summed E-state index contributed by atoms with van der Waals surface area (Å²) in [5.74, 6) is 0. The first kappa shape index (κ1) is 13.3. The van der Waals surface area contributed by atoms with Crippen LogP contribution in [0.15, 0.2) is 42.7 Å². The average molecular weight is 271 g/mol. The van der Waals surface area contributed by atoms with E-state index in [-0.39, 0.29) is 5.60 Å². The van der Waals surface area contributed by atoms with E-state index >= 15 is 0 Å². The molecule has 1 aliphatic carbocycles. The van der Waals surface area contributed by atoms with Crippen molar-refractivity contribution in [2.75, 3.05) is 13.7 Å². The number of aromatic nitrogens is 2. The van der Waals surface area contributed by atoms with Crippen molar-refractivity contribution < 1.29 is 4.74 Å². The van der Waals surface area contributed by atoms with Crippen LogP contribution in [0.4, 0.5) is 0 Å². The molecule has 2 aromatic rings. The van der Waals surface area contributed by atoms with Gasteiger partial charge in [-0.1, -0.05) is 18.2 Å². The van der Waals surface area contributed by atoms with Crippen molar-refractivity contribution in [2.45, 2.75) is 31.4 Å². The Morgan fingerprint density at radius 2 is 2.10 bits per heavy atom. The van der Waals surface area contributed by atoms with E-state index in [0.717, 1.165) is 18.8 Å². The van der Waals surface area contributed by atoms with Gasteiger partial charge in [0.2, 0.25) is 0 Å². The third kappa shape index (κ3) is 2.76. The number of nitrogens with one attached hydrogen (secondary N) is 1. The molecule has 0 unspecified atom stereocenters. The third-order valence-electron chi connectivity index (χ3n) is 4.13. The summed E-state index contributed by atoms with van der Waals surface area (Å²) in [4.78, 5) is 0. The summed E-state index contributed by atoms with van der Waals surface area (Å²) in [6.45, 7) is 1.75. The number of para-hydroxylation sites is 1. The van der Waals surface area contributed by atoms with Crippen LogP contribution in [-0.4, -0.2) is 29.0 Å². The molecular formula is C16H21N3O. The number of methoxy groups -OCH3 is 1. The number of ether oxygens (including phenoxy) is 1. The van der Waals surface area contributed by atoms with Crippen LogP contribution in [0, 0.1) is 0 Å². The Morgan fingerprint density at radius 3 is 2.75 bits per heavy atom. The van der Waals surface area contributed by atoms with Gasteiger partial charge in [0.05, 0.1) is 17.5 Å². The van der Waals surface area contributed by atoms with Crippen LogP contribution in [-0.2, 0) is 11.3 Å². The lowest BCUT2D eigenvalue weighted by molar-refractivity contribution is -0.0695. The summed E-state index contributed by atoms with van der Waals surface area (Å²) in [5, 5.41) is 7.88. The number of rotatable bonds is 6. The van der Waals surface area contributed by atoms with E-state index in [0.29, 0.717) is 0 Å². The smallest absolute Gasteiger partial charge is 0.0802 e. The van der Waals surface area contributed by atoms with E-state index in [2.05, 4.69) is 28.7 Å². The SMILES string of the molecule is COC1(CNCc2cnn(-c3ccccc3)c2)CCC1. The summed E-state index contributed by atoms with van der Waals surface area (Å²) >= 11 is 0. The maximum Gasteiger partial charge on any atom is 0.0802 e. The largest absolute Gasteiger partial charge is 0.377 e. The molecule has 1 aromatic carbocycles. The molecule has 0 saturated heterocycles. The predicted molar refractivity (Wildman–Crippen MR) is 78.9 cm³/mol. The molecule has 20 heavy (non-hydrogen) atoms. The topological polar surface area (TPSA) is 39.1 Å². The van der Waals surface area contributed by atoms with Crippen molar-refractivity contribution in [1.29, 1.82) is 0 Å². The minimum absolute atomic E-state index is 0.0788. The van der Waals surface area contributed by atoms with E-state index in [9.17, 15) is 0 Å². The van der Waals surface area contributed by atoms with Crippen LogP contribution in [0.25, 0.3) is 5.69 Å². The van der Waals surface area contributed by atoms with Crippen molar-refractivity contribution in [3.63, 3.8) is 0 Å². The molecule has 4 heteroatoms. The molecule has 1 aliphatic rings. The summed E-state index contributed by atoms with van der Waals surface area (Å²) in [5.41, 5.74) is 2.36. The van der Waals surface area contributed by atoms with E-state index in [4.69, 9.17) is 4.74 Å². The van der Waals surface area contributed by atoms with Crippen LogP contribution < -0.4 is 5.32 Å². The molecule has 0 aliphatic heterocycles.